The van der Waals surface area contributed by atoms with E-state index >= 15 is 0 Å². The number of aliphatic hydroxyl groups is 2. The maximum absolute atomic E-state index is 12.1. The summed E-state index contributed by atoms with van der Waals surface area (Å²) in [5.41, 5.74) is 0.518. The summed E-state index contributed by atoms with van der Waals surface area (Å²) >= 11 is 0. The van der Waals surface area contributed by atoms with Crippen LogP contribution in [0.3, 0.4) is 0 Å². The summed E-state index contributed by atoms with van der Waals surface area (Å²) in [7, 11) is 1.55. The largest absolute Gasteiger partial charge is 0.388 e. The number of hydrogen-bond donors (Lipinski definition) is 2. The predicted octanol–water partition coefficient (Wildman–Crippen LogP) is -0.677. The minimum absolute atomic E-state index is 0.0762. The molecule has 1 aromatic carbocycles. The van der Waals surface area contributed by atoms with Gasteiger partial charge in [-0.15, -0.1) is 0 Å². The van der Waals surface area contributed by atoms with E-state index in [-0.39, 0.29) is 31.4 Å². The molecule has 2 atom stereocenters. The SMILES string of the molecule is CN(CC(=O)N1C[C@@H](O)[C@@H](O)C1)C(=O)c1ccccc1. The number of aliphatic hydroxyl groups excluding tert-OH is 2. The molecule has 0 aliphatic carbocycles. The van der Waals surface area contributed by atoms with Crippen molar-refractivity contribution in [2.24, 2.45) is 0 Å². The molecule has 2 N–H and O–H groups in total. The van der Waals surface area contributed by atoms with Crippen molar-refractivity contribution in [3.63, 3.8) is 0 Å². The minimum Gasteiger partial charge on any atom is -0.388 e. The highest BCUT2D eigenvalue weighted by molar-refractivity contribution is 5.96. The molecule has 1 fully saturated rings. The van der Waals surface area contributed by atoms with Crippen LogP contribution in [0.4, 0.5) is 0 Å². The molecule has 2 rings (SSSR count). The lowest BCUT2D eigenvalue weighted by molar-refractivity contribution is -0.131. The van der Waals surface area contributed by atoms with E-state index < -0.39 is 12.2 Å². The van der Waals surface area contributed by atoms with Gasteiger partial charge >= 0.3 is 0 Å². The van der Waals surface area contributed by atoms with Gasteiger partial charge in [-0.05, 0) is 12.1 Å². The second-order valence-electron chi connectivity index (χ2n) is 4.96. The number of carbonyl (C=O) groups excluding carboxylic acids is 2. The number of hydrogen-bond acceptors (Lipinski definition) is 4. The van der Waals surface area contributed by atoms with Gasteiger partial charge in [0.2, 0.25) is 5.91 Å². The predicted molar refractivity (Wildman–Crippen MR) is 72.0 cm³/mol. The second-order valence-corrected chi connectivity index (χ2v) is 4.96. The molecule has 0 unspecified atom stereocenters. The Morgan fingerprint density at radius 2 is 1.75 bits per heavy atom. The van der Waals surface area contributed by atoms with Crippen LogP contribution in [0.2, 0.25) is 0 Å². The van der Waals surface area contributed by atoms with Crippen LogP contribution in [-0.2, 0) is 4.79 Å². The van der Waals surface area contributed by atoms with Crippen LogP contribution in [0, 0.1) is 0 Å². The van der Waals surface area contributed by atoms with Crippen molar-refractivity contribution in [2.45, 2.75) is 12.2 Å². The lowest BCUT2D eigenvalue weighted by atomic mass is 10.2. The first-order chi connectivity index (χ1) is 9.49. The number of amides is 2. The molecule has 1 heterocycles. The molecular formula is C14H18N2O4. The zero-order valence-corrected chi connectivity index (χ0v) is 11.3. The summed E-state index contributed by atoms with van der Waals surface area (Å²) in [4.78, 5) is 26.8. The van der Waals surface area contributed by atoms with E-state index in [0.717, 1.165) is 0 Å². The topological polar surface area (TPSA) is 81.1 Å². The monoisotopic (exact) mass is 278 g/mol. The Bertz CT molecular complexity index is 481. The molecule has 1 aromatic rings. The highest BCUT2D eigenvalue weighted by atomic mass is 16.3. The van der Waals surface area contributed by atoms with E-state index in [9.17, 15) is 19.8 Å². The van der Waals surface area contributed by atoms with Gasteiger partial charge < -0.3 is 20.0 Å². The van der Waals surface area contributed by atoms with Crippen molar-refractivity contribution in [3.05, 3.63) is 35.9 Å². The van der Waals surface area contributed by atoms with Crippen molar-refractivity contribution < 1.29 is 19.8 Å². The quantitative estimate of drug-likeness (QED) is 0.768. The van der Waals surface area contributed by atoms with Gasteiger partial charge in [0.1, 0.15) is 0 Å². The van der Waals surface area contributed by atoms with Crippen LogP contribution in [0.25, 0.3) is 0 Å². The standard InChI is InChI=1S/C14H18N2O4/c1-15(14(20)10-5-3-2-4-6-10)9-13(19)16-7-11(17)12(18)8-16/h2-6,11-12,17-18H,7-9H2,1H3/t11-,12+. The first-order valence-electron chi connectivity index (χ1n) is 6.43. The summed E-state index contributed by atoms with van der Waals surface area (Å²) in [5, 5.41) is 18.8. The normalized spacial score (nSPS) is 21.9. The summed E-state index contributed by atoms with van der Waals surface area (Å²) in [6.45, 7) is 0.133. The molecule has 0 saturated carbocycles. The fraction of sp³-hybridized carbons (Fsp3) is 0.429. The van der Waals surface area contributed by atoms with E-state index in [0.29, 0.717) is 5.56 Å². The number of likely N-dealkylation sites (N-methyl/N-ethyl adjacent to an activating group) is 1. The van der Waals surface area contributed by atoms with Crippen LogP contribution in [-0.4, -0.2) is 70.7 Å². The van der Waals surface area contributed by atoms with Crippen LogP contribution in [0.5, 0.6) is 0 Å². The minimum atomic E-state index is -0.908. The van der Waals surface area contributed by atoms with Crippen molar-refractivity contribution >= 4 is 11.8 Å². The van der Waals surface area contributed by atoms with Crippen LogP contribution in [0.1, 0.15) is 10.4 Å². The lowest BCUT2D eigenvalue weighted by Gasteiger charge is -2.21. The molecule has 0 bridgehead atoms. The fourth-order valence-corrected chi connectivity index (χ4v) is 2.15. The third kappa shape index (κ3) is 3.15. The van der Waals surface area contributed by atoms with Crippen LogP contribution >= 0.6 is 0 Å². The Morgan fingerprint density at radius 3 is 2.30 bits per heavy atom. The van der Waals surface area contributed by atoms with Crippen molar-refractivity contribution in [1.29, 1.82) is 0 Å². The Hall–Kier alpha value is -1.92. The molecule has 6 heteroatoms. The molecule has 2 amide bonds. The second kappa shape index (κ2) is 6.02. The third-order valence-electron chi connectivity index (χ3n) is 3.35. The summed E-state index contributed by atoms with van der Waals surface area (Å²) < 4.78 is 0. The van der Waals surface area contributed by atoms with Crippen LogP contribution in [0.15, 0.2) is 30.3 Å². The first-order valence-corrected chi connectivity index (χ1v) is 6.43. The molecule has 1 saturated heterocycles. The molecule has 1 aliphatic heterocycles. The maximum Gasteiger partial charge on any atom is 0.254 e. The zero-order chi connectivity index (χ0) is 14.7. The molecule has 0 spiro atoms. The first kappa shape index (κ1) is 14.5. The smallest absolute Gasteiger partial charge is 0.254 e. The fourth-order valence-electron chi connectivity index (χ4n) is 2.15. The lowest BCUT2D eigenvalue weighted by Crippen LogP contribution is -2.40. The number of likely N-dealkylation sites (tertiary alicyclic amines) is 1. The van der Waals surface area contributed by atoms with Gasteiger partial charge in [0, 0.05) is 25.7 Å². The van der Waals surface area contributed by atoms with E-state index in [1.165, 1.54) is 9.80 Å². The van der Waals surface area contributed by atoms with Gasteiger partial charge in [0.25, 0.3) is 5.91 Å². The Balaban J connectivity index is 1.93. The molecule has 108 valence electrons. The van der Waals surface area contributed by atoms with E-state index in [4.69, 9.17) is 0 Å². The molecule has 0 aromatic heterocycles. The molecule has 6 nitrogen and oxygen atoms in total. The number of rotatable bonds is 3. The number of nitrogens with zero attached hydrogens (tertiary/aromatic N) is 2. The van der Waals surface area contributed by atoms with Crippen molar-refractivity contribution in [1.82, 2.24) is 9.80 Å². The number of carbonyl (C=O) groups is 2. The number of β-amino-alcohol motifs (C(OH)–C–C–N with tert-alkyl or cyclic N) is 2. The molecule has 20 heavy (non-hydrogen) atoms. The van der Waals surface area contributed by atoms with E-state index in [1.54, 1.807) is 31.3 Å². The zero-order valence-electron chi connectivity index (χ0n) is 11.3. The van der Waals surface area contributed by atoms with Gasteiger partial charge in [0.15, 0.2) is 0 Å². The van der Waals surface area contributed by atoms with Crippen molar-refractivity contribution in [2.75, 3.05) is 26.7 Å². The van der Waals surface area contributed by atoms with Crippen molar-refractivity contribution in [3.8, 4) is 0 Å². The van der Waals surface area contributed by atoms with E-state index in [1.807, 2.05) is 6.07 Å². The van der Waals surface area contributed by atoms with Crippen LogP contribution < -0.4 is 0 Å². The van der Waals surface area contributed by atoms with E-state index in [2.05, 4.69) is 0 Å². The highest BCUT2D eigenvalue weighted by Crippen LogP contribution is 2.11. The molecule has 0 radical (unpaired) electrons. The highest BCUT2D eigenvalue weighted by Gasteiger charge is 2.33. The maximum atomic E-state index is 12.1. The molecular weight excluding hydrogens is 260 g/mol. The van der Waals surface area contributed by atoms with Gasteiger partial charge in [-0.3, -0.25) is 9.59 Å². The molecule has 1 aliphatic rings. The van der Waals surface area contributed by atoms with Gasteiger partial charge in [-0.1, -0.05) is 18.2 Å². The Labute approximate surface area is 117 Å². The summed E-state index contributed by atoms with van der Waals surface area (Å²) in [6, 6.07) is 8.71. The van der Waals surface area contributed by atoms with Gasteiger partial charge in [-0.25, -0.2) is 0 Å². The Morgan fingerprint density at radius 1 is 1.20 bits per heavy atom. The Kier molecular flexibility index (Phi) is 4.36. The summed E-state index contributed by atoms with van der Waals surface area (Å²) in [6.07, 6.45) is -1.82. The van der Waals surface area contributed by atoms with Gasteiger partial charge in [-0.2, -0.15) is 0 Å². The number of benzene rings is 1. The average molecular weight is 278 g/mol. The average Bonchev–Trinajstić information content (AvgIpc) is 2.79. The third-order valence-corrected chi connectivity index (χ3v) is 3.35. The van der Waals surface area contributed by atoms with Gasteiger partial charge in [0.05, 0.1) is 18.8 Å². The summed E-state index contributed by atoms with van der Waals surface area (Å²) in [5.74, 6) is -0.522.